The van der Waals surface area contributed by atoms with Crippen molar-refractivity contribution < 1.29 is 17.7 Å². The van der Waals surface area contributed by atoms with Crippen LogP contribution in [0.3, 0.4) is 0 Å². The molecule has 4 rings (SSSR count). The first-order valence-corrected chi connectivity index (χ1v) is 8.26. The third-order valence-corrected chi connectivity index (χ3v) is 4.66. The number of halogens is 4. The van der Waals surface area contributed by atoms with Crippen molar-refractivity contribution in [2.24, 2.45) is 5.41 Å². The summed E-state index contributed by atoms with van der Waals surface area (Å²) >= 11 is 5.98. The smallest absolute Gasteiger partial charge is 0.329 e. The summed E-state index contributed by atoms with van der Waals surface area (Å²) < 4.78 is 44.0. The van der Waals surface area contributed by atoms with Gasteiger partial charge in [0.1, 0.15) is 5.82 Å². The molecule has 1 saturated carbocycles. The van der Waals surface area contributed by atoms with Crippen molar-refractivity contribution in [3.63, 3.8) is 0 Å². The number of hydrogen-bond acceptors (Lipinski definition) is 5. The molecule has 2 heterocycles. The van der Waals surface area contributed by atoms with Gasteiger partial charge in [-0.3, -0.25) is 0 Å². The summed E-state index contributed by atoms with van der Waals surface area (Å²) in [5.41, 5.74) is 1.27. The highest BCUT2D eigenvalue weighted by molar-refractivity contribution is 6.16. The predicted octanol–water partition coefficient (Wildman–Crippen LogP) is 4.15. The van der Waals surface area contributed by atoms with E-state index in [0.717, 1.165) is 18.4 Å². The Morgan fingerprint density at radius 3 is 2.65 bits per heavy atom. The number of hydrogen-bond donors (Lipinski definition) is 0. The maximum Gasteiger partial charge on any atom is 0.471 e. The van der Waals surface area contributed by atoms with Crippen molar-refractivity contribution in [2.45, 2.75) is 31.4 Å². The van der Waals surface area contributed by atoms with Crippen LogP contribution in [-0.4, -0.2) is 19.7 Å². The molecule has 0 saturated heterocycles. The molecule has 2 aromatic heterocycles. The Bertz CT molecular complexity index is 1030. The monoisotopic (exact) mass is 381 g/mol. The molecule has 0 unspecified atom stereocenters. The van der Waals surface area contributed by atoms with E-state index in [1.54, 1.807) is 18.2 Å². The van der Waals surface area contributed by atoms with Gasteiger partial charge in [0.05, 0.1) is 28.4 Å². The highest BCUT2D eigenvalue weighted by Gasteiger charge is 2.44. The fourth-order valence-corrected chi connectivity index (χ4v) is 3.02. The highest BCUT2D eigenvalue weighted by Crippen LogP contribution is 2.47. The largest absolute Gasteiger partial charge is 0.471 e. The van der Waals surface area contributed by atoms with E-state index in [1.807, 2.05) is 4.57 Å². The van der Waals surface area contributed by atoms with Crippen LogP contribution in [0.25, 0.3) is 22.4 Å². The second-order valence-corrected chi connectivity index (χ2v) is 6.53. The zero-order chi connectivity index (χ0) is 18.5. The van der Waals surface area contributed by atoms with E-state index in [1.165, 1.54) is 0 Å². The molecule has 134 valence electrons. The van der Waals surface area contributed by atoms with E-state index < -0.39 is 12.1 Å². The topological polar surface area (TPSA) is 80.5 Å². The lowest BCUT2D eigenvalue weighted by molar-refractivity contribution is -0.159. The van der Waals surface area contributed by atoms with Crippen molar-refractivity contribution in [3.8, 4) is 17.5 Å². The Balaban J connectivity index is 1.74. The molecule has 0 N–H and O–H groups in total. The van der Waals surface area contributed by atoms with E-state index in [4.69, 9.17) is 11.6 Å². The predicted molar refractivity (Wildman–Crippen MR) is 84.9 cm³/mol. The molecule has 1 aromatic carbocycles. The number of nitrogens with zero attached hydrogens (tertiary/aromatic N) is 5. The number of fused-ring (bicyclic) bond motifs is 1. The quantitative estimate of drug-likeness (QED) is 0.634. The maximum atomic E-state index is 12.6. The molecule has 0 spiro atoms. The Hall–Kier alpha value is -2.60. The molecule has 1 fully saturated rings. The number of imidazole rings is 1. The van der Waals surface area contributed by atoms with E-state index in [9.17, 15) is 18.4 Å². The van der Waals surface area contributed by atoms with Crippen molar-refractivity contribution in [1.29, 1.82) is 5.26 Å². The van der Waals surface area contributed by atoms with Gasteiger partial charge in [0.15, 0.2) is 0 Å². The summed E-state index contributed by atoms with van der Waals surface area (Å²) in [7, 11) is 0. The zero-order valence-electron chi connectivity index (χ0n) is 13.2. The van der Waals surface area contributed by atoms with Crippen LogP contribution in [0, 0.1) is 16.7 Å². The molecule has 6 nitrogen and oxygen atoms in total. The lowest BCUT2D eigenvalue weighted by Crippen LogP contribution is -2.12. The van der Waals surface area contributed by atoms with E-state index in [2.05, 4.69) is 25.7 Å². The second-order valence-electron chi connectivity index (χ2n) is 6.26. The van der Waals surface area contributed by atoms with E-state index in [0.29, 0.717) is 23.4 Å². The SMILES string of the molecule is N#CC1(Cn2c(CCl)nc3cc(-c4noc(C(F)(F)F)n4)ccc32)CC1. The number of benzene rings is 1. The average Bonchev–Trinajstić information content (AvgIpc) is 3.05. The first-order valence-electron chi connectivity index (χ1n) is 7.73. The van der Waals surface area contributed by atoms with Gasteiger partial charge in [0.2, 0.25) is 5.82 Å². The number of aromatic nitrogens is 4. The Morgan fingerprint density at radius 1 is 1.31 bits per heavy atom. The van der Waals surface area contributed by atoms with Crippen LogP contribution in [0.1, 0.15) is 24.6 Å². The van der Waals surface area contributed by atoms with Gasteiger partial charge in [-0.25, -0.2) is 4.98 Å². The molecule has 0 aliphatic heterocycles. The van der Waals surface area contributed by atoms with Crippen molar-refractivity contribution >= 4 is 22.6 Å². The van der Waals surface area contributed by atoms with Crippen molar-refractivity contribution in [2.75, 3.05) is 0 Å². The minimum absolute atomic E-state index is 0.159. The number of alkyl halides is 4. The van der Waals surface area contributed by atoms with E-state index in [-0.39, 0.29) is 17.1 Å². The third kappa shape index (κ3) is 2.80. The fourth-order valence-electron chi connectivity index (χ4n) is 2.81. The fraction of sp³-hybridized carbons (Fsp3) is 0.375. The molecular formula is C16H11ClF3N5O. The summed E-state index contributed by atoms with van der Waals surface area (Å²) in [6.07, 6.45) is -3.04. The summed E-state index contributed by atoms with van der Waals surface area (Å²) in [5, 5.41) is 12.7. The first kappa shape index (κ1) is 16.8. The van der Waals surface area contributed by atoms with Crippen LogP contribution in [0.15, 0.2) is 22.7 Å². The van der Waals surface area contributed by atoms with Crippen LogP contribution >= 0.6 is 11.6 Å². The van der Waals surface area contributed by atoms with Gasteiger partial charge in [-0.2, -0.15) is 23.4 Å². The van der Waals surface area contributed by atoms with Crippen molar-refractivity contribution in [3.05, 3.63) is 29.9 Å². The van der Waals surface area contributed by atoms with Gasteiger partial charge < -0.3 is 9.09 Å². The third-order valence-electron chi connectivity index (χ3n) is 4.43. The number of nitriles is 1. The maximum absolute atomic E-state index is 12.6. The Morgan fingerprint density at radius 2 is 2.08 bits per heavy atom. The molecule has 0 atom stereocenters. The molecule has 0 radical (unpaired) electrons. The first-order chi connectivity index (χ1) is 12.3. The molecule has 1 aliphatic rings. The standard InChI is InChI=1S/C16H11ClF3N5O/c17-6-12-22-10-5-9(13-23-14(26-24-13)16(18,19)20)1-2-11(10)25(12)8-15(7-21)3-4-15/h1-2,5H,3-4,6,8H2. The van der Waals surface area contributed by atoms with Crippen LogP contribution in [-0.2, 0) is 18.6 Å². The van der Waals surface area contributed by atoms with Crippen LogP contribution in [0.4, 0.5) is 13.2 Å². The normalized spacial score (nSPS) is 16.0. The van der Waals surface area contributed by atoms with Gasteiger partial charge in [-0.1, -0.05) is 5.16 Å². The molecule has 0 amide bonds. The molecule has 3 aromatic rings. The second kappa shape index (κ2) is 5.71. The molecule has 10 heteroatoms. The highest BCUT2D eigenvalue weighted by atomic mass is 35.5. The summed E-state index contributed by atoms with van der Waals surface area (Å²) in [5.74, 6) is -0.808. The van der Waals surface area contributed by atoms with Crippen LogP contribution < -0.4 is 0 Å². The zero-order valence-corrected chi connectivity index (χ0v) is 14.0. The summed E-state index contributed by atoms with van der Waals surface area (Å²) in [6.45, 7) is 0.488. The van der Waals surface area contributed by atoms with Crippen LogP contribution in [0.5, 0.6) is 0 Å². The van der Waals surface area contributed by atoms with Crippen molar-refractivity contribution in [1.82, 2.24) is 19.7 Å². The lowest BCUT2D eigenvalue weighted by Gasteiger charge is -2.11. The van der Waals surface area contributed by atoms with Gasteiger partial charge in [-0.05, 0) is 31.0 Å². The number of rotatable bonds is 4. The summed E-state index contributed by atoms with van der Waals surface area (Å²) in [6, 6.07) is 7.22. The minimum atomic E-state index is -4.70. The molecule has 1 aliphatic carbocycles. The molecule has 26 heavy (non-hydrogen) atoms. The summed E-state index contributed by atoms with van der Waals surface area (Å²) in [4.78, 5) is 7.82. The van der Waals surface area contributed by atoms with Gasteiger partial charge in [0.25, 0.3) is 0 Å². The molecular weight excluding hydrogens is 371 g/mol. The Kier molecular flexibility index (Phi) is 3.70. The van der Waals surface area contributed by atoms with Gasteiger partial charge in [-0.15, -0.1) is 11.6 Å². The van der Waals surface area contributed by atoms with Crippen LogP contribution in [0.2, 0.25) is 0 Å². The van der Waals surface area contributed by atoms with Gasteiger partial charge in [0, 0.05) is 12.1 Å². The Labute approximate surface area is 150 Å². The minimum Gasteiger partial charge on any atom is -0.329 e. The van der Waals surface area contributed by atoms with Gasteiger partial charge >= 0.3 is 12.1 Å². The average molecular weight is 382 g/mol. The van der Waals surface area contributed by atoms with E-state index >= 15 is 0 Å². The lowest BCUT2D eigenvalue weighted by atomic mass is 10.1. The molecule has 0 bridgehead atoms.